The van der Waals surface area contributed by atoms with E-state index in [0.29, 0.717) is 0 Å². The van der Waals surface area contributed by atoms with Gasteiger partial charge in [-0.15, -0.1) is 0 Å². The van der Waals surface area contributed by atoms with Gasteiger partial charge >= 0.3 is 11.8 Å². The number of rotatable bonds is 16. The largest absolute Gasteiger partial charge is 0.477 e. The number of aliphatic hydroxyl groups excluding tert-OH is 8. The van der Waals surface area contributed by atoms with Gasteiger partial charge in [-0.2, -0.15) is 17.5 Å². The number of hydrogen-bond donors (Lipinski definition) is 12. The molecule has 290 valence electrons. The molecule has 0 aromatic rings. The summed E-state index contributed by atoms with van der Waals surface area (Å²) in [5, 5.41) is 99.4. The van der Waals surface area contributed by atoms with E-state index in [1.54, 1.807) is 6.92 Å². The lowest BCUT2D eigenvalue weighted by atomic mass is 9.88. The summed E-state index contributed by atoms with van der Waals surface area (Å²) in [6, 6.07) is -2.74. The molecule has 3 saturated heterocycles. The molecule has 22 heteroatoms. The molecule has 11 N–H and O–H groups in total. The summed E-state index contributed by atoms with van der Waals surface area (Å²) in [6.07, 6.45) is -22.9. The predicted octanol–water partition coefficient (Wildman–Crippen LogP) is -5.78. The molecule has 3 aliphatic heterocycles. The minimum absolute atomic E-state index is 0.0496. The Kier molecular flexibility index (Phi) is 16.0. The van der Waals surface area contributed by atoms with Crippen LogP contribution in [0.4, 0.5) is 0 Å². The lowest BCUT2D eigenvalue weighted by Crippen LogP contribution is -2.69. The second-order valence-electron chi connectivity index (χ2n) is 12.1. The van der Waals surface area contributed by atoms with Crippen molar-refractivity contribution in [1.29, 1.82) is 0 Å². The van der Waals surface area contributed by atoms with E-state index in [1.807, 2.05) is 0 Å². The fraction of sp³-hybridized carbons (Fsp3) is 0.893. The van der Waals surface area contributed by atoms with Crippen LogP contribution in [0.25, 0.3) is 0 Å². The van der Waals surface area contributed by atoms with Crippen molar-refractivity contribution in [2.75, 3.05) is 25.6 Å². The molecular formula is C28H48N2O19S. The van der Waals surface area contributed by atoms with Gasteiger partial charge in [0, 0.05) is 26.0 Å². The highest BCUT2D eigenvalue weighted by molar-refractivity contribution is 7.80. The minimum atomic E-state index is -2.99. The molecule has 50 heavy (non-hydrogen) atoms. The fourth-order valence-corrected chi connectivity index (χ4v) is 6.01. The number of carboxylic acid groups (broad SMARTS) is 1. The molecule has 3 heterocycles. The first-order chi connectivity index (χ1) is 23.5. The maximum atomic E-state index is 12.5. The van der Waals surface area contributed by atoms with Crippen LogP contribution < -0.4 is 10.6 Å². The van der Waals surface area contributed by atoms with E-state index in [9.17, 15) is 60.3 Å². The fourth-order valence-electron chi connectivity index (χ4n) is 5.90. The van der Waals surface area contributed by atoms with Crippen molar-refractivity contribution in [2.45, 2.75) is 131 Å². The molecule has 3 fully saturated rings. The van der Waals surface area contributed by atoms with Gasteiger partial charge in [-0.1, -0.05) is 6.92 Å². The van der Waals surface area contributed by atoms with Crippen molar-refractivity contribution in [1.82, 2.24) is 10.6 Å². The zero-order chi connectivity index (χ0) is 37.5. The van der Waals surface area contributed by atoms with Crippen molar-refractivity contribution in [3.8, 4) is 0 Å². The van der Waals surface area contributed by atoms with Gasteiger partial charge in [0.2, 0.25) is 11.8 Å². The molecule has 16 atom stereocenters. The third-order valence-corrected chi connectivity index (χ3v) is 8.59. The highest BCUT2D eigenvalue weighted by atomic mass is 32.1. The number of carboxylic acids is 1. The molecule has 0 aromatic carbocycles. The lowest BCUT2D eigenvalue weighted by Gasteiger charge is -2.48. The van der Waals surface area contributed by atoms with Crippen LogP contribution in [0.1, 0.15) is 33.6 Å². The Labute approximate surface area is 291 Å². The van der Waals surface area contributed by atoms with Gasteiger partial charge in [0.05, 0.1) is 38.1 Å². The van der Waals surface area contributed by atoms with E-state index in [-0.39, 0.29) is 18.8 Å². The van der Waals surface area contributed by atoms with Crippen LogP contribution in [-0.4, -0.2) is 187 Å². The number of thiol groups is 1. The van der Waals surface area contributed by atoms with Crippen LogP contribution in [0.3, 0.4) is 0 Å². The molecular weight excluding hydrogens is 700 g/mol. The smallest absolute Gasteiger partial charge is 0.367 e. The average molecular weight is 749 g/mol. The second kappa shape index (κ2) is 18.8. The van der Waals surface area contributed by atoms with E-state index in [0.717, 1.165) is 6.92 Å². The third kappa shape index (κ3) is 9.77. The summed E-state index contributed by atoms with van der Waals surface area (Å²) in [4.78, 5) is 46.7. The van der Waals surface area contributed by atoms with Crippen molar-refractivity contribution in [3.05, 3.63) is 0 Å². The van der Waals surface area contributed by atoms with Gasteiger partial charge in [0.15, 0.2) is 18.7 Å². The first-order valence-electron chi connectivity index (χ1n) is 15.8. The van der Waals surface area contributed by atoms with Crippen molar-refractivity contribution in [3.63, 3.8) is 0 Å². The van der Waals surface area contributed by atoms with E-state index in [1.165, 1.54) is 6.92 Å². The second-order valence-corrected chi connectivity index (χ2v) is 12.5. The van der Waals surface area contributed by atoms with Gasteiger partial charge in [0.25, 0.3) is 0 Å². The minimum Gasteiger partial charge on any atom is -0.477 e. The first kappa shape index (κ1) is 42.6. The first-order valence-corrected chi connectivity index (χ1v) is 16.5. The summed E-state index contributed by atoms with van der Waals surface area (Å²) >= 11 is 4.06. The van der Waals surface area contributed by atoms with E-state index in [4.69, 9.17) is 33.5 Å². The van der Waals surface area contributed by atoms with Crippen molar-refractivity contribution < 1.29 is 93.8 Å². The Morgan fingerprint density at radius 2 is 1.54 bits per heavy atom. The molecule has 3 rings (SSSR count). The number of hydrogen-bond acceptors (Lipinski definition) is 19. The number of amides is 2. The summed E-state index contributed by atoms with van der Waals surface area (Å²) < 4.78 is 28.4. The molecule has 0 radical (unpaired) electrons. The molecule has 0 aromatic heterocycles. The number of nitrogens with one attached hydrogen (secondary N) is 2. The van der Waals surface area contributed by atoms with Crippen LogP contribution in [0.5, 0.6) is 0 Å². The van der Waals surface area contributed by atoms with Crippen molar-refractivity contribution in [2.24, 2.45) is 0 Å². The number of ether oxygens (including phenoxy) is 5. The Bertz CT molecular complexity index is 1130. The number of aliphatic hydroxyl groups is 8. The summed E-state index contributed by atoms with van der Waals surface area (Å²) in [6.45, 7) is 2.11. The Morgan fingerprint density at radius 3 is 2.08 bits per heavy atom. The average Bonchev–Trinajstić information content (AvgIpc) is 3.06. The molecule has 0 aliphatic carbocycles. The summed E-state index contributed by atoms with van der Waals surface area (Å²) in [7, 11) is 0. The Hall–Kier alpha value is -1.84. The van der Waals surface area contributed by atoms with Gasteiger partial charge in [-0.25, -0.2) is 9.68 Å². The number of carbonyl (C=O) groups is 3. The monoisotopic (exact) mass is 748 g/mol. The zero-order valence-electron chi connectivity index (χ0n) is 27.5. The zero-order valence-corrected chi connectivity index (χ0v) is 28.4. The number of aliphatic carboxylic acids is 1. The molecule has 3 aliphatic rings. The van der Waals surface area contributed by atoms with Crippen molar-refractivity contribution >= 4 is 30.4 Å². The van der Waals surface area contributed by atoms with Crippen LogP contribution in [0.15, 0.2) is 0 Å². The van der Waals surface area contributed by atoms with Gasteiger partial charge in [-0.3, -0.25) is 9.59 Å². The summed E-state index contributed by atoms with van der Waals surface area (Å²) in [5.74, 6) is -5.96. The Balaban J connectivity index is 1.88. The van der Waals surface area contributed by atoms with E-state index < -0.39 is 135 Å². The van der Waals surface area contributed by atoms with Gasteiger partial charge in [0.1, 0.15) is 54.9 Å². The van der Waals surface area contributed by atoms with Crippen LogP contribution in [0, 0.1) is 0 Å². The highest BCUT2D eigenvalue weighted by Crippen LogP contribution is 2.36. The SMILES string of the molecule is CCC1OC(OC2C(CO)OC(OCCS)C(NC(C)=O)C2O)C(O)C(OOC2(C(=O)O)CC(O)C(NC(C)=O)C(C(O)C(O)CO)O2)C1O. The topological polar surface area (TPSA) is 322 Å². The maximum absolute atomic E-state index is 12.5. The van der Waals surface area contributed by atoms with E-state index >= 15 is 0 Å². The number of carbonyl (C=O) groups excluding carboxylic acids is 2. The van der Waals surface area contributed by atoms with Gasteiger partial charge in [-0.05, 0) is 6.42 Å². The lowest BCUT2D eigenvalue weighted by molar-refractivity contribution is -0.480. The van der Waals surface area contributed by atoms with Crippen LogP contribution in [-0.2, 0) is 47.8 Å². The molecule has 16 unspecified atom stereocenters. The molecule has 0 spiro atoms. The van der Waals surface area contributed by atoms with Crippen LogP contribution >= 0.6 is 12.6 Å². The highest BCUT2D eigenvalue weighted by Gasteiger charge is 2.58. The predicted molar refractivity (Wildman–Crippen MR) is 164 cm³/mol. The molecule has 21 nitrogen and oxygen atoms in total. The van der Waals surface area contributed by atoms with Crippen LogP contribution in [0.2, 0.25) is 0 Å². The maximum Gasteiger partial charge on any atom is 0.367 e. The normalized spacial score (nSPS) is 40.4. The Morgan fingerprint density at radius 1 is 0.920 bits per heavy atom. The molecule has 0 bridgehead atoms. The third-order valence-electron chi connectivity index (χ3n) is 8.41. The molecule has 2 amide bonds. The summed E-state index contributed by atoms with van der Waals surface area (Å²) in [5.41, 5.74) is 0. The standard InChI is InChI=1S/C28H48N2O19S/c1-4-14-19(38)24(48-49-28(27(41)42)7-12(35)16(29-10(2)33)23(47-28)18(37)13(36)8-31)21(40)26(44-14)46-22-15(9-32)45-25(43-5-6-50)17(20(22)39)30-11(3)34/h12-26,31-32,35-40,50H,4-9H2,1-3H3,(H,29,33)(H,30,34)(H,41,42). The van der Waals surface area contributed by atoms with Gasteiger partial charge < -0.3 is 80.3 Å². The quantitative estimate of drug-likeness (QED) is 0.0397. The molecule has 0 saturated carbocycles. The van der Waals surface area contributed by atoms with E-state index in [2.05, 4.69) is 23.3 Å².